The fourth-order valence-corrected chi connectivity index (χ4v) is 2.13. The van der Waals surface area contributed by atoms with Gasteiger partial charge in [0.05, 0.1) is 24.8 Å². The van der Waals surface area contributed by atoms with Crippen LogP contribution in [-0.4, -0.2) is 23.2 Å². The number of nitrogens with zero attached hydrogens (tertiary/aromatic N) is 1. The fraction of sp³-hybridized carbons (Fsp3) is 0.333. The van der Waals surface area contributed by atoms with E-state index in [0.29, 0.717) is 24.5 Å². The zero-order valence-electron chi connectivity index (χ0n) is 13.6. The van der Waals surface area contributed by atoms with Gasteiger partial charge in [-0.3, -0.25) is 4.79 Å². The molecule has 1 aromatic carbocycles. The lowest BCUT2D eigenvalue weighted by Gasteiger charge is -2.10. The van der Waals surface area contributed by atoms with Gasteiger partial charge < -0.3 is 14.0 Å². The molecule has 0 unspecified atom stereocenters. The lowest BCUT2D eigenvalue weighted by atomic mass is 10.1. The molecule has 0 aliphatic rings. The number of ether oxygens (including phenoxy) is 2. The first-order valence-electron chi connectivity index (χ1n) is 7.63. The molecule has 0 spiro atoms. The number of carbonyl (C=O) groups is 1. The van der Waals surface area contributed by atoms with Crippen LogP contribution >= 0.6 is 0 Å². The molecule has 122 valence electrons. The molecule has 0 amide bonds. The highest BCUT2D eigenvalue weighted by Gasteiger charge is 2.09. The Bertz CT molecular complexity index is 717. The van der Waals surface area contributed by atoms with Crippen molar-refractivity contribution in [1.82, 2.24) is 4.57 Å². The van der Waals surface area contributed by atoms with Gasteiger partial charge in [0.25, 0.3) is 5.56 Å². The second-order valence-electron chi connectivity index (χ2n) is 5.39. The van der Waals surface area contributed by atoms with Gasteiger partial charge in [-0.05, 0) is 50.6 Å². The van der Waals surface area contributed by atoms with Crippen molar-refractivity contribution >= 4 is 5.97 Å². The number of carbonyl (C=O) groups excluding carboxylic acids is 1. The molecule has 0 aliphatic heterocycles. The molecule has 2 aromatic rings. The van der Waals surface area contributed by atoms with Gasteiger partial charge in [0.2, 0.25) is 0 Å². The third kappa shape index (κ3) is 4.45. The average Bonchev–Trinajstić information content (AvgIpc) is 2.51. The summed E-state index contributed by atoms with van der Waals surface area (Å²) < 4.78 is 12.0. The molecular formula is C18H21NO4. The Kier molecular flexibility index (Phi) is 5.57. The minimum atomic E-state index is -0.345. The highest BCUT2D eigenvalue weighted by Crippen LogP contribution is 2.09. The fourth-order valence-electron chi connectivity index (χ4n) is 2.13. The zero-order chi connectivity index (χ0) is 16.8. The van der Waals surface area contributed by atoms with E-state index in [1.807, 2.05) is 32.9 Å². The Balaban J connectivity index is 2.14. The number of rotatable bonds is 6. The van der Waals surface area contributed by atoms with Gasteiger partial charge in [-0.2, -0.15) is 0 Å². The third-order valence-electron chi connectivity index (χ3n) is 3.17. The minimum Gasteiger partial charge on any atom is -0.488 e. The van der Waals surface area contributed by atoms with Crippen LogP contribution in [0, 0.1) is 0 Å². The molecule has 0 fully saturated rings. The molecule has 0 aliphatic carbocycles. The van der Waals surface area contributed by atoms with Crippen LogP contribution in [0.15, 0.2) is 47.4 Å². The maximum absolute atomic E-state index is 12.2. The van der Waals surface area contributed by atoms with E-state index in [1.165, 1.54) is 0 Å². The van der Waals surface area contributed by atoms with Gasteiger partial charge in [0, 0.05) is 6.20 Å². The van der Waals surface area contributed by atoms with E-state index < -0.39 is 0 Å². The number of benzene rings is 1. The summed E-state index contributed by atoms with van der Waals surface area (Å²) >= 11 is 0. The summed E-state index contributed by atoms with van der Waals surface area (Å²) in [6.07, 6.45) is 1.56. The highest BCUT2D eigenvalue weighted by molar-refractivity contribution is 5.89. The summed E-state index contributed by atoms with van der Waals surface area (Å²) in [6.45, 7) is 6.32. The van der Waals surface area contributed by atoms with Crippen molar-refractivity contribution in [2.75, 3.05) is 6.61 Å². The molecule has 2 rings (SSSR count). The lowest BCUT2D eigenvalue weighted by Crippen LogP contribution is -2.21. The van der Waals surface area contributed by atoms with Crippen molar-refractivity contribution in [3.05, 3.63) is 64.1 Å². The first-order valence-corrected chi connectivity index (χ1v) is 7.63. The summed E-state index contributed by atoms with van der Waals surface area (Å²) in [7, 11) is 0. The van der Waals surface area contributed by atoms with Crippen LogP contribution < -0.4 is 10.3 Å². The molecule has 23 heavy (non-hydrogen) atoms. The van der Waals surface area contributed by atoms with Crippen molar-refractivity contribution in [2.45, 2.75) is 33.4 Å². The SMILES string of the molecule is CCOc1cccn(Cc2ccc(C(=O)OC(C)C)cc2)c1=O. The van der Waals surface area contributed by atoms with Crippen LogP contribution in [0.25, 0.3) is 0 Å². The van der Waals surface area contributed by atoms with Crippen LogP contribution in [0.4, 0.5) is 0 Å². The Morgan fingerprint density at radius 3 is 2.48 bits per heavy atom. The second kappa shape index (κ2) is 7.63. The van der Waals surface area contributed by atoms with E-state index in [4.69, 9.17) is 9.47 Å². The van der Waals surface area contributed by atoms with Crippen LogP contribution in [0.2, 0.25) is 0 Å². The Morgan fingerprint density at radius 2 is 1.87 bits per heavy atom. The van der Waals surface area contributed by atoms with E-state index in [9.17, 15) is 9.59 Å². The molecule has 0 saturated carbocycles. The topological polar surface area (TPSA) is 57.5 Å². The van der Waals surface area contributed by atoms with Gasteiger partial charge in [-0.1, -0.05) is 12.1 Å². The van der Waals surface area contributed by atoms with E-state index in [-0.39, 0.29) is 17.6 Å². The van der Waals surface area contributed by atoms with Crippen LogP contribution in [0.1, 0.15) is 36.7 Å². The smallest absolute Gasteiger partial charge is 0.338 e. The van der Waals surface area contributed by atoms with Crippen molar-refractivity contribution in [3.8, 4) is 5.75 Å². The molecule has 0 atom stereocenters. The van der Waals surface area contributed by atoms with E-state index in [2.05, 4.69) is 0 Å². The molecule has 0 radical (unpaired) electrons. The number of pyridine rings is 1. The van der Waals surface area contributed by atoms with E-state index >= 15 is 0 Å². The second-order valence-corrected chi connectivity index (χ2v) is 5.39. The maximum atomic E-state index is 12.2. The number of hydrogen-bond donors (Lipinski definition) is 0. The molecule has 0 bridgehead atoms. The Hall–Kier alpha value is -2.56. The van der Waals surface area contributed by atoms with Crippen molar-refractivity contribution < 1.29 is 14.3 Å². The zero-order valence-corrected chi connectivity index (χ0v) is 13.6. The van der Waals surface area contributed by atoms with Gasteiger partial charge in [-0.25, -0.2) is 4.79 Å². The molecule has 1 aromatic heterocycles. The molecule has 5 heteroatoms. The summed E-state index contributed by atoms with van der Waals surface area (Å²) in [5.74, 6) is -0.00538. The monoisotopic (exact) mass is 315 g/mol. The number of aromatic nitrogens is 1. The summed E-state index contributed by atoms with van der Waals surface area (Å²) in [4.78, 5) is 24.0. The van der Waals surface area contributed by atoms with Crippen molar-refractivity contribution in [1.29, 1.82) is 0 Å². The maximum Gasteiger partial charge on any atom is 0.338 e. The van der Waals surface area contributed by atoms with Crippen molar-refractivity contribution in [2.24, 2.45) is 0 Å². The average molecular weight is 315 g/mol. The normalized spacial score (nSPS) is 10.6. The van der Waals surface area contributed by atoms with Crippen LogP contribution in [0.3, 0.4) is 0 Å². The van der Waals surface area contributed by atoms with E-state index in [1.54, 1.807) is 35.0 Å². The van der Waals surface area contributed by atoms with Gasteiger partial charge in [0.15, 0.2) is 5.75 Å². The standard InChI is InChI=1S/C18H21NO4/c1-4-22-16-6-5-11-19(17(16)20)12-14-7-9-15(10-8-14)18(21)23-13(2)3/h5-11,13H,4,12H2,1-3H3. The largest absolute Gasteiger partial charge is 0.488 e. The first kappa shape index (κ1) is 16.8. The highest BCUT2D eigenvalue weighted by atomic mass is 16.5. The van der Waals surface area contributed by atoms with Gasteiger partial charge in [0.1, 0.15) is 0 Å². The van der Waals surface area contributed by atoms with E-state index in [0.717, 1.165) is 5.56 Å². The molecule has 0 N–H and O–H groups in total. The first-order chi connectivity index (χ1) is 11.0. The molecule has 0 saturated heterocycles. The predicted octanol–water partition coefficient (Wildman–Crippen LogP) is 2.86. The third-order valence-corrected chi connectivity index (χ3v) is 3.17. The summed E-state index contributed by atoms with van der Waals surface area (Å²) in [6, 6.07) is 10.5. The van der Waals surface area contributed by atoms with Gasteiger partial charge in [-0.15, -0.1) is 0 Å². The Labute approximate surface area is 135 Å². The van der Waals surface area contributed by atoms with Crippen molar-refractivity contribution in [3.63, 3.8) is 0 Å². The van der Waals surface area contributed by atoms with Crippen LogP contribution in [-0.2, 0) is 11.3 Å². The molecule has 5 nitrogen and oxygen atoms in total. The van der Waals surface area contributed by atoms with Crippen LogP contribution in [0.5, 0.6) is 5.75 Å². The summed E-state index contributed by atoms with van der Waals surface area (Å²) in [5, 5.41) is 0. The minimum absolute atomic E-state index is 0.151. The molecular weight excluding hydrogens is 294 g/mol. The summed E-state index contributed by atoms with van der Waals surface area (Å²) in [5.41, 5.74) is 1.25. The lowest BCUT2D eigenvalue weighted by molar-refractivity contribution is 0.0378. The molecule has 1 heterocycles. The quantitative estimate of drug-likeness (QED) is 0.769. The van der Waals surface area contributed by atoms with Gasteiger partial charge >= 0.3 is 5.97 Å². The number of hydrogen-bond acceptors (Lipinski definition) is 4. The Morgan fingerprint density at radius 1 is 1.17 bits per heavy atom. The predicted molar refractivity (Wildman–Crippen MR) is 88.0 cm³/mol. The number of esters is 1.